The number of benzene rings is 2. The molecule has 0 saturated carbocycles. The van der Waals surface area contributed by atoms with Crippen LogP contribution in [0.15, 0.2) is 40.8 Å². The van der Waals surface area contributed by atoms with Gasteiger partial charge in [-0.15, -0.1) is 0 Å². The van der Waals surface area contributed by atoms with Gasteiger partial charge in [0.2, 0.25) is 13.6 Å². The van der Waals surface area contributed by atoms with Crippen LogP contribution in [0.3, 0.4) is 0 Å². The lowest BCUT2D eigenvalue weighted by atomic mass is 10.0. The van der Waals surface area contributed by atoms with Gasteiger partial charge in [0.1, 0.15) is 11.5 Å². The fourth-order valence-corrected chi connectivity index (χ4v) is 3.22. The lowest BCUT2D eigenvalue weighted by Crippen LogP contribution is -1.92. The number of hydrogen-bond acceptors (Lipinski definition) is 5. The van der Waals surface area contributed by atoms with E-state index in [4.69, 9.17) is 23.4 Å². The first-order valence-corrected chi connectivity index (χ1v) is 8.11. The van der Waals surface area contributed by atoms with Crippen molar-refractivity contribution in [1.29, 1.82) is 0 Å². The Kier molecular flexibility index (Phi) is 2.98. The summed E-state index contributed by atoms with van der Waals surface area (Å²) in [4.78, 5) is 0. The summed E-state index contributed by atoms with van der Waals surface area (Å²) < 4.78 is 28.0. The predicted octanol–water partition coefficient (Wildman–Crippen LogP) is 4.69. The van der Waals surface area contributed by atoms with Gasteiger partial charge in [-0.2, -0.15) is 0 Å². The highest BCUT2D eigenvalue weighted by molar-refractivity contribution is 5.74. The first kappa shape index (κ1) is 14.3. The maximum atomic E-state index is 6.24. The standard InChI is InChI=1S/C20H16O5/c1-11-12(2)20(14-4-6-16-18(8-14)24-10-22-16)25-19(11)13-3-5-15-17(7-13)23-9-21-15/h3-8H,9-10H2,1-2H3. The third-order valence-corrected chi connectivity index (χ3v) is 4.72. The quantitative estimate of drug-likeness (QED) is 0.679. The minimum absolute atomic E-state index is 0.261. The van der Waals surface area contributed by atoms with Crippen molar-refractivity contribution in [2.24, 2.45) is 0 Å². The molecule has 0 bridgehead atoms. The van der Waals surface area contributed by atoms with Crippen LogP contribution in [0.25, 0.3) is 22.6 Å². The molecule has 1 aromatic heterocycles. The molecular formula is C20H16O5. The van der Waals surface area contributed by atoms with Crippen molar-refractivity contribution in [3.8, 4) is 45.6 Å². The summed E-state index contributed by atoms with van der Waals surface area (Å²) in [5.41, 5.74) is 4.15. The van der Waals surface area contributed by atoms with Crippen LogP contribution in [0.4, 0.5) is 0 Å². The summed E-state index contributed by atoms with van der Waals surface area (Å²) in [5.74, 6) is 4.69. The highest BCUT2D eigenvalue weighted by Crippen LogP contribution is 2.42. The molecule has 0 aliphatic carbocycles. The highest BCUT2D eigenvalue weighted by atomic mass is 16.7. The Morgan fingerprint density at radius 1 is 0.600 bits per heavy atom. The lowest BCUT2D eigenvalue weighted by Gasteiger charge is -2.02. The van der Waals surface area contributed by atoms with Crippen LogP contribution in [0.2, 0.25) is 0 Å². The number of furan rings is 1. The second-order valence-electron chi connectivity index (χ2n) is 6.15. The normalized spacial score (nSPS) is 14.2. The van der Waals surface area contributed by atoms with E-state index >= 15 is 0 Å². The summed E-state index contributed by atoms with van der Waals surface area (Å²) in [6.45, 7) is 4.65. The minimum Gasteiger partial charge on any atom is -0.456 e. The number of ether oxygens (including phenoxy) is 4. The molecule has 0 saturated heterocycles. The smallest absolute Gasteiger partial charge is 0.231 e. The predicted molar refractivity (Wildman–Crippen MR) is 91.3 cm³/mol. The van der Waals surface area contributed by atoms with Gasteiger partial charge < -0.3 is 23.4 Å². The molecule has 3 aromatic rings. The summed E-state index contributed by atoms with van der Waals surface area (Å²) in [6.07, 6.45) is 0. The van der Waals surface area contributed by atoms with E-state index in [0.717, 1.165) is 56.8 Å². The van der Waals surface area contributed by atoms with Gasteiger partial charge in [0.15, 0.2) is 23.0 Å². The molecule has 2 aliphatic rings. The third-order valence-electron chi connectivity index (χ3n) is 4.72. The Morgan fingerprint density at radius 2 is 1.04 bits per heavy atom. The molecule has 126 valence electrons. The van der Waals surface area contributed by atoms with Crippen molar-refractivity contribution >= 4 is 0 Å². The second kappa shape index (κ2) is 5.21. The summed E-state index contributed by atoms with van der Waals surface area (Å²) in [6, 6.07) is 11.7. The van der Waals surface area contributed by atoms with Crippen molar-refractivity contribution < 1.29 is 23.4 Å². The van der Waals surface area contributed by atoms with E-state index in [1.807, 2.05) is 36.4 Å². The van der Waals surface area contributed by atoms with Crippen LogP contribution in [0, 0.1) is 13.8 Å². The number of fused-ring (bicyclic) bond motifs is 2. The molecule has 5 rings (SSSR count). The zero-order valence-electron chi connectivity index (χ0n) is 13.9. The zero-order chi connectivity index (χ0) is 17.0. The topological polar surface area (TPSA) is 50.1 Å². The van der Waals surface area contributed by atoms with Crippen LogP contribution in [0.1, 0.15) is 11.1 Å². The van der Waals surface area contributed by atoms with E-state index in [2.05, 4.69) is 13.8 Å². The van der Waals surface area contributed by atoms with Crippen LogP contribution in [0.5, 0.6) is 23.0 Å². The molecule has 0 unspecified atom stereocenters. The molecule has 0 N–H and O–H groups in total. The molecule has 2 aromatic carbocycles. The third kappa shape index (κ3) is 2.16. The number of rotatable bonds is 2. The van der Waals surface area contributed by atoms with Gasteiger partial charge in [-0.05, 0) is 61.4 Å². The molecule has 5 heteroatoms. The van der Waals surface area contributed by atoms with E-state index < -0.39 is 0 Å². The van der Waals surface area contributed by atoms with Crippen LogP contribution in [-0.4, -0.2) is 13.6 Å². The maximum Gasteiger partial charge on any atom is 0.231 e. The molecule has 2 aliphatic heterocycles. The minimum atomic E-state index is 0.261. The highest BCUT2D eigenvalue weighted by Gasteiger charge is 2.22. The van der Waals surface area contributed by atoms with E-state index in [1.165, 1.54) is 0 Å². The average molecular weight is 336 g/mol. The van der Waals surface area contributed by atoms with E-state index in [-0.39, 0.29) is 13.6 Å². The Balaban J connectivity index is 1.60. The molecule has 0 radical (unpaired) electrons. The first-order chi connectivity index (χ1) is 12.2. The van der Waals surface area contributed by atoms with Crippen molar-refractivity contribution in [3.05, 3.63) is 47.5 Å². The molecule has 0 spiro atoms. The number of hydrogen-bond donors (Lipinski definition) is 0. The van der Waals surface area contributed by atoms with Crippen LogP contribution >= 0.6 is 0 Å². The lowest BCUT2D eigenvalue weighted by molar-refractivity contribution is 0.173. The molecule has 3 heterocycles. The van der Waals surface area contributed by atoms with Gasteiger partial charge in [0, 0.05) is 11.1 Å². The van der Waals surface area contributed by atoms with E-state index in [0.29, 0.717) is 0 Å². The van der Waals surface area contributed by atoms with Crippen molar-refractivity contribution in [2.75, 3.05) is 13.6 Å². The molecule has 0 amide bonds. The van der Waals surface area contributed by atoms with Gasteiger partial charge in [0.25, 0.3) is 0 Å². The van der Waals surface area contributed by atoms with E-state index in [1.54, 1.807) is 0 Å². The Morgan fingerprint density at radius 3 is 1.52 bits per heavy atom. The second-order valence-corrected chi connectivity index (χ2v) is 6.15. The summed E-state index contributed by atoms with van der Waals surface area (Å²) in [5, 5.41) is 0. The molecule has 5 nitrogen and oxygen atoms in total. The monoisotopic (exact) mass is 336 g/mol. The van der Waals surface area contributed by atoms with Crippen molar-refractivity contribution in [1.82, 2.24) is 0 Å². The van der Waals surface area contributed by atoms with Gasteiger partial charge in [-0.1, -0.05) is 0 Å². The van der Waals surface area contributed by atoms with Gasteiger partial charge in [-0.3, -0.25) is 0 Å². The van der Waals surface area contributed by atoms with E-state index in [9.17, 15) is 0 Å². The van der Waals surface area contributed by atoms with Gasteiger partial charge in [0.05, 0.1) is 0 Å². The molecule has 25 heavy (non-hydrogen) atoms. The molecule has 0 atom stereocenters. The fourth-order valence-electron chi connectivity index (χ4n) is 3.22. The van der Waals surface area contributed by atoms with Crippen molar-refractivity contribution in [3.63, 3.8) is 0 Å². The molecular weight excluding hydrogens is 320 g/mol. The maximum absolute atomic E-state index is 6.24. The van der Waals surface area contributed by atoms with Gasteiger partial charge in [-0.25, -0.2) is 0 Å². The largest absolute Gasteiger partial charge is 0.456 e. The zero-order valence-corrected chi connectivity index (χ0v) is 13.9. The van der Waals surface area contributed by atoms with Gasteiger partial charge >= 0.3 is 0 Å². The fraction of sp³-hybridized carbons (Fsp3) is 0.200. The first-order valence-electron chi connectivity index (χ1n) is 8.11. The Bertz CT molecular complexity index is 908. The summed E-state index contributed by atoms with van der Waals surface area (Å²) >= 11 is 0. The summed E-state index contributed by atoms with van der Waals surface area (Å²) in [7, 11) is 0. The van der Waals surface area contributed by atoms with Crippen molar-refractivity contribution in [2.45, 2.75) is 13.8 Å². The van der Waals surface area contributed by atoms with Crippen LogP contribution in [-0.2, 0) is 0 Å². The molecule has 0 fully saturated rings. The SMILES string of the molecule is Cc1c(-c2ccc3c(c2)OCO3)oc(-c2ccc3c(c2)OCO3)c1C. The Labute approximate surface area is 144 Å². The average Bonchev–Trinajstić information content (AvgIpc) is 3.34. The Hall–Kier alpha value is -3.08. The van der Waals surface area contributed by atoms with Crippen LogP contribution < -0.4 is 18.9 Å².